The molecule has 0 N–H and O–H groups in total. The lowest BCUT2D eigenvalue weighted by Crippen LogP contribution is -1.87. The van der Waals surface area contributed by atoms with Crippen molar-refractivity contribution in [3.05, 3.63) is 0 Å². The lowest BCUT2D eigenvalue weighted by molar-refractivity contribution is 0.507. The first kappa shape index (κ1) is 29.8. The Balaban J connectivity index is -0.000000362. The molecule has 0 heteroatoms. The zero-order valence-corrected chi connectivity index (χ0v) is 19.9. The predicted molar refractivity (Wildman–Crippen MR) is 122 cm³/mol. The second kappa shape index (κ2) is 26.2. The van der Waals surface area contributed by atoms with Crippen LogP contribution in [0.4, 0.5) is 0 Å². The van der Waals surface area contributed by atoms with Crippen molar-refractivity contribution in [2.24, 2.45) is 17.8 Å². The lowest BCUT2D eigenvalue weighted by atomic mass is 10.0. The predicted octanol–water partition coefficient (Wildman–Crippen LogP) is 10.1. The number of unbranched alkanes of at least 4 members (excludes halogenated alkanes) is 8. The molecule has 0 atom stereocenters. The van der Waals surface area contributed by atoms with Gasteiger partial charge in [-0.15, -0.1) is 0 Å². The molecule has 0 rings (SSSR count). The third-order valence-electron chi connectivity index (χ3n) is 4.57. The number of hydrogen-bond donors (Lipinski definition) is 0. The van der Waals surface area contributed by atoms with E-state index in [1.807, 2.05) is 0 Å². The molecule has 25 heavy (non-hydrogen) atoms. The van der Waals surface area contributed by atoms with Crippen LogP contribution in [0.1, 0.15) is 146 Å². The second-order valence-electron chi connectivity index (χ2n) is 9.00. The molecule has 0 aliphatic rings. The molecule has 0 aromatic carbocycles. The highest BCUT2D eigenvalue weighted by molar-refractivity contribution is 4.49. The Morgan fingerprint density at radius 1 is 0.400 bits per heavy atom. The van der Waals surface area contributed by atoms with Gasteiger partial charge in [0.05, 0.1) is 0 Å². The van der Waals surface area contributed by atoms with Gasteiger partial charge in [0.15, 0.2) is 0 Å². The van der Waals surface area contributed by atoms with E-state index in [0.717, 1.165) is 17.8 Å². The summed E-state index contributed by atoms with van der Waals surface area (Å²) in [5, 5.41) is 0. The summed E-state index contributed by atoms with van der Waals surface area (Å²) in [5.41, 5.74) is 0. The Morgan fingerprint density at radius 3 is 1.00 bits per heavy atom. The molecule has 156 valence electrons. The first-order valence-electron chi connectivity index (χ1n) is 11.8. The van der Waals surface area contributed by atoms with E-state index >= 15 is 0 Å². The smallest absolute Gasteiger partial charge is 0.0471 e. The van der Waals surface area contributed by atoms with E-state index in [2.05, 4.69) is 62.3 Å². The molecule has 0 radical (unpaired) electrons. The van der Waals surface area contributed by atoms with Crippen molar-refractivity contribution in [2.75, 3.05) is 0 Å². The SMILES string of the molecule is CCC(C)C.CCCC(C)C.CCCCCCCCCCCC(C)C. The Labute approximate surface area is 164 Å². The van der Waals surface area contributed by atoms with E-state index in [1.54, 1.807) is 0 Å². The maximum atomic E-state index is 2.32. The molecule has 0 saturated carbocycles. The fourth-order valence-electron chi connectivity index (χ4n) is 2.44. The van der Waals surface area contributed by atoms with Crippen LogP contribution in [-0.2, 0) is 0 Å². The summed E-state index contributed by atoms with van der Waals surface area (Å²) in [7, 11) is 0. The minimum atomic E-state index is 0.884. The van der Waals surface area contributed by atoms with Crippen LogP contribution in [0.2, 0.25) is 0 Å². The van der Waals surface area contributed by atoms with Gasteiger partial charge < -0.3 is 0 Å². The van der Waals surface area contributed by atoms with E-state index in [-0.39, 0.29) is 0 Å². The molecule has 0 fully saturated rings. The number of hydrogen-bond acceptors (Lipinski definition) is 0. The zero-order chi connectivity index (χ0) is 19.9. The Bertz CT molecular complexity index is 190. The van der Waals surface area contributed by atoms with Gasteiger partial charge in [-0.1, -0.05) is 146 Å². The first-order valence-corrected chi connectivity index (χ1v) is 11.8. The van der Waals surface area contributed by atoms with Gasteiger partial charge in [0, 0.05) is 0 Å². The molecular formula is C25H56. The summed E-state index contributed by atoms with van der Waals surface area (Å²) >= 11 is 0. The fraction of sp³-hybridized carbons (Fsp3) is 1.00. The number of rotatable bonds is 13. The van der Waals surface area contributed by atoms with E-state index in [4.69, 9.17) is 0 Å². The van der Waals surface area contributed by atoms with Crippen LogP contribution >= 0.6 is 0 Å². The van der Waals surface area contributed by atoms with Crippen LogP contribution in [0.3, 0.4) is 0 Å². The van der Waals surface area contributed by atoms with Gasteiger partial charge in [-0.05, 0) is 17.8 Å². The molecule has 0 unspecified atom stereocenters. The standard InChI is InChI=1S/C14H30.C6H14.C5H12/c1-4-5-6-7-8-9-10-11-12-13-14(2)3;1-4-5-6(2)3;1-4-5(2)3/h14H,4-13H2,1-3H3;6H,4-5H2,1-3H3;5H,4H2,1-3H3. The second-order valence-corrected chi connectivity index (χ2v) is 9.00. The van der Waals surface area contributed by atoms with E-state index < -0.39 is 0 Å². The molecule has 0 aliphatic heterocycles. The highest BCUT2D eigenvalue weighted by atomic mass is 14.0. The van der Waals surface area contributed by atoms with Crippen molar-refractivity contribution in [3.63, 3.8) is 0 Å². The van der Waals surface area contributed by atoms with Crippen molar-refractivity contribution in [2.45, 2.75) is 146 Å². The summed E-state index contributed by atoms with van der Waals surface area (Å²) < 4.78 is 0. The maximum absolute atomic E-state index is 2.32. The Morgan fingerprint density at radius 2 is 0.760 bits per heavy atom. The topological polar surface area (TPSA) is 0 Å². The van der Waals surface area contributed by atoms with E-state index in [1.165, 1.54) is 83.5 Å². The Kier molecular flexibility index (Phi) is 31.2. The van der Waals surface area contributed by atoms with Gasteiger partial charge in [-0.25, -0.2) is 0 Å². The van der Waals surface area contributed by atoms with Gasteiger partial charge in [0.2, 0.25) is 0 Å². The van der Waals surface area contributed by atoms with Crippen LogP contribution in [0.25, 0.3) is 0 Å². The molecule has 0 spiro atoms. The molecule has 0 bridgehead atoms. The van der Waals surface area contributed by atoms with Crippen molar-refractivity contribution >= 4 is 0 Å². The first-order chi connectivity index (χ1) is 11.8. The summed E-state index contributed by atoms with van der Waals surface area (Å²) in [6.07, 6.45) is 18.5. The average Bonchev–Trinajstić information content (AvgIpc) is 2.54. The molecule has 0 nitrogen and oxygen atoms in total. The third kappa shape index (κ3) is 45.4. The van der Waals surface area contributed by atoms with Crippen molar-refractivity contribution in [1.29, 1.82) is 0 Å². The third-order valence-corrected chi connectivity index (χ3v) is 4.57. The Hall–Kier alpha value is 0. The van der Waals surface area contributed by atoms with Crippen LogP contribution < -0.4 is 0 Å². The minimum absolute atomic E-state index is 0.884. The maximum Gasteiger partial charge on any atom is -0.0471 e. The molecule has 0 aromatic heterocycles. The van der Waals surface area contributed by atoms with E-state index in [9.17, 15) is 0 Å². The van der Waals surface area contributed by atoms with Gasteiger partial charge >= 0.3 is 0 Å². The van der Waals surface area contributed by atoms with Crippen LogP contribution in [-0.4, -0.2) is 0 Å². The highest BCUT2D eigenvalue weighted by Crippen LogP contribution is 2.12. The van der Waals surface area contributed by atoms with Crippen molar-refractivity contribution in [1.82, 2.24) is 0 Å². The summed E-state index contributed by atoms with van der Waals surface area (Å²) in [5.74, 6) is 2.68. The van der Waals surface area contributed by atoms with Gasteiger partial charge in [-0.3, -0.25) is 0 Å². The summed E-state index contributed by atoms with van der Waals surface area (Å²) in [6.45, 7) is 20.3. The van der Waals surface area contributed by atoms with Crippen LogP contribution in [0.15, 0.2) is 0 Å². The molecule has 0 amide bonds. The summed E-state index contributed by atoms with van der Waals surface area (Å²) in [4.78, 5) is 0. The van der Waals surface area contributed by atoms with Crippen LogP contribution in [0.5, 0.6) is 0 Å². The van der Waals surface area contributed by atoms with Crippen LogP contribution in [0, 0.1) is 17.8 Å². The molecule has 0 heterocycles. The lowest BCUT2D eigenvalue weighted by Gasteiger charge is -2.04. The van der Waals surface area contributed by atoms with Crippen molar-refractivity contribution in [3.8, 4) is 0 Å². The zero-order valence-electron chi connectivity index (χ0n) is 19.9. The highest BCUT2D eigenvalue weighted by Gasteiger charge is 1.94. The molecular weight excluding hydrogens is 300 g/mol. The van der Waals surface area contributed by atoms with Gasteiger partial charge in [-0.2, -0.15) is 0 Å². The monoisotopic (exact) mass is 356 g/mol. The van der Waals surface area contributed by atoms with Crippen molar-refractivity contribution < 1.29 is 0 Å². The normalized spacial score (nSPS) is 10.6. The molecule has 0 aliphatic carbocycles. The largest absolute Gasteiger partial charge is 0.0654 e. The van der Waals surface area contributed by atoms with E-state index in [0.29, 0.717) is 0 Å². The average molecular weight is 357 g/mol. The quantitative estimate of drug-likeness (QED) is 0.288. The van der Waals surface area contributed by atoms with Gasteiger partial charge in [0.1, 0.15) is 0 Å². The minimum Gasteiger partial charge on any atom is -0.0654 e. The fourth-order valence-corrected chi connectivity index (χ4v) is 2.44. The summed E-state index contributed by atoms with van der Waals surface area (Å²) in [6, 6.07) is 0. The molecule has 0 aromatic rings. The molecule has 0 saturated heterocycles. The van der Waals surface area contributed by atoms with Gasteiger partial charge in [0.25, 0.3) is 0 Å².